The summed E-state index contributed by atoms with van der Waals surface area (Å²) in [5.74, 6) is -0.922. The second-order valence-electron chi connectivity index (χ2n) is 7.94. The number of nitrogens with zero attached hydrogens (tertiary/aromatic N) is 2. The van der Waals surface area contributed by atoms with Gasteiger partial charge in [0.1, 0.15) is 24.2 Å². The second-order valence-corrected chi connectivity index (χ2v) is 9.85. The fourth-order valence-electron chi connectivity index (χ4n) is 3.29. The minimum Gasteiger partial charge on any atom is -0.497 e. The maximum Gasteiger partial charge on any atom is 0.244 e. The largest absolute Gasteiger partial charge is 0.497 e. The molecule has 1 N–H and O–H groups in total. The number of hydrogen-bond donors (Lipinski definition) is 1. The molecule has 0 unspecified atom stereocenters. The second kappa shape index (κ2) is 12.4. The minimum atomic E-state index is -3.91. The third-order valence-electron chi connectivity index (χ3n) is 5.28. The molecule has 0 aromatic heterocycles. The number of halogens is 1. The smallest absolute Gasteiger partial charge is 0.244 e. The topological polar surface area (TPSA) is 96.0 Å². The van der Waals surface area contributed by atoms with Crippen LogP contribution >= 0.6 is 0 Å². The van der Waals surface area contributed by atoms with Gasteiger partial charge >= 0.3 is 0 Å². The summed E-state index contributed by atoms with van der Waals surface area (Å²) in [6.45, 7) is 3.57. The molecule has 2 aromatic rings. The van der Waals surface area contributed by atoms with E-state index in [1.807, 2.05) is 6.92 Å². The van der Waals surface area contributed by atoms with Crippen LogP contribution in [0.5, 0.6) is 5.75 Å². The number of carbonyl (C=O) groups excluding carboxylic acids is 2. The van der Waals surface area contributed by atoms with E-state index in [1.54, 1.807) is 38.3 Å². The van der Waals surface area contributed by atoms with E-state index in [0.29, 0.717) is 12.3 Å². The first-order valence-corrected chi connectivity index (χ1v) is 12.8. The van der Waals surface area contributed by atoms with Gasteiger partial charge in [0.15, 0.2) is 0 Å². The van der Waals surface area contributed by atoms with Gasteiger partial charge in [-0.15, -0.1) is 0 Å². The summed E-state index contributed by atoms with van der Waals surface area (Å²) in [5, 5.41) is 2.81. The summed E-state index contributed by atoms with van der Waals surface area (Å²) >= 11 is 0. The Morgan fingerprint density at radius 1 is 1.15 bits per heavy atom. The Morgan fingerprint density at radius 3 is 2.38 bits per heavy atom. The van der Waals surface area contributed by atoms with Crippen molar-refractivity contribution < 1.29 is 27.1 Å². The molecule has 1 atom stereocenters. The number of sulfonamides is 1. The summed E-state index contributed by atoms with van der Waals surface area (Å²) in [4.78, 5) is 27.4. The Hall–Kier alpha value is -3.14. The number of methoxy groups -OCH3 is 1. The van der Waals surface area contributed by atoms with Crippen LogP contribution in [-0.4, -0.2) is 57.6 Å². The summed E-state index contributed by atoms with van der Waals surface area (Å²) in [6.07, 6.45) is 2.65. The van der Waals surface area contributed by atoms with Crippen molar-refractivity contribution in [3.05, 3.63) is 59.9 Å². The predicted molar refractivity (Wildman–Crippen MR) is 130 cm³/mol. The lowest BCUT2D eigenvalue weighted by Crippen LogP contribution is -2.51. The number of carbonyl (C=O) groups is 2. The summed E-state index contributed by atoms with van der Waals surface area (Å²) in [6, 6.07) is 11.1. The molecule has 0 aliphatic heterocycles. The van der Waals surface area contributed by atoms with Crippen molar-refractivity contribution in [2.24, 2.45) is 0 Å². The van der Waals surface area contributed by atoms with Gasteiger partial charge in [-0.1, -0.05) is 31.5 Å². The van der Waals surface area contributed by atoms with Crippen molar-refractivity contribution in [1.82, 2.24) is 10.2 Å². The highest BCUT2D eigenvalue weighted by atomic mass is 32.2. The average molecular weight is 494 g/mol. The van der Waals surface area contributed by atoms with Crippen molar-refractivity contribution in [3.8, 4) is 5.75 Å². The van der Waals surface area contributed by atoms with Gasteiger partial charge in [-0.2, -0.15) is 0 Å². The Labute approximate surface area is 200 Å². The van der Waals surface area contributed by atoms with E-state index in [9.17, 15) is 22.4 Å². The maximum absolute atomic E-state index is 13.8. The van der Waals surface area contributed by atoms with Crippen LogP contribution in [0.3, 0.4) is 0 Å². The molecule has 0 spiro atoms. The van der Waals surface area contributed by atoms with Gasteiger partial charge in [0, 0.05) is 13.1 Å². The molecule has 34 heavy (non-hydrogen) atoms. The van der Waals surface area contributed by atoms with Gasteiger partial charge in [0.05, 0.1) is 19.1 Å². The van der Waals surface area contributed by atoms with Crippen molar-refractivity contribution >= 4 is 27.5 Å². The first-order chi connectivity index (χ1) is 16.1. The number of rotatable bonds is 12. The fourth-order valence-corrected chi connectivity index (χ4v) is 4.13. The zero-order valence-corrected chi connectivity index (χ0v) is 20.8. The van der Waals surface area contributed by atoms with Crippen LogP contribution in [-0.2, 0) is 26.2 Å². The third kappa shape index (κ3) is 7.72. The lowest BCUT2D eigenvalue weighted by atomic mass is 10.1. The molecule has 0 aliphatic carbocycles. The monoisotopic (exact) mass is 493 g/mol. The Balaban J connectivity index is 2.34. The van der Waals surface area contributed by atoms with Gasteiger partial charge in [0.25, 0.3) is 0 Å². The van der Waals surface area contributed by atoms with Gasteiger partial charge < -0.3 is 15.0 Å². The normalized spacial score (nSPS) is 12.0. The molecule has 2 amide bonds. The van der Waals surface area contributed by atoms with Crippen LogP contribution in [0.15, 0.2) is 48.5 Å². The van der Waals surface area contributed by atoms with Gasteiger partial charge in [0.2, 0.25) is 21.8 Å². The fraction of sp³-hybridized carbons (Fsp3) is 0.417. The van der Waals surface area contributed by atoms with E-state index in [0.717, 1.165) is 35.0 Å². The van der Waals surface area contributed by atoms with E-state index in [1.165, 1.54) is 23.1 Å². The van der Waals surface area contributed by atoms with Crippen molar-refractivity contribution in [1.29, 1.82) is 0 Å². The number of unbranched alkanes of at least 4 members (excludes halogenated alkanes) is 1. The molecule has 0 aliphatic rings. The molecule has 186 valence electrons. The number of anilines is 1. The van der Waals surface area contributed by atoms with Crippen LogP contribution < -0.4 is 14.4 Å². The zero-order valence-electron chi connectivity index (χ0n) is 20.0. The first-order valence-electron chi connectivity index (χ1n) is 11.0. The van der Waals surface area contributed by atoms with E-state index < -0.39 is 34.3 Å². The number of hydrogen-bond acceptors (Lipinski definition) is 5. The quantitative estimate of drug-likeness (QED) is 0.459. The molecule has 0 saturated heterocycles. The van der Waals surface area contributed by atoms with Crippen molar-refractivity contribution in [2.75, 3.05) is 30.8 Å². The summed E-state index contributed by atoms with van der Waals surface area (Å²) < 4.78 is 44.7. The molecule has 0 bridgehead atoms. The van der Waals surface area contributed by atoms with Crippen molar-refractivity contribution in [2.45, 2.75) is 39.3 Å². The van der Waals surface area contributed by atoms with E-state index in [4.69, 9.17) is 4.74 Å². The molecular weight excluding hydrogens is 461 g/mol. The summed E-state index contributed by atoms with van der Waals surface area (Å²) in [5.41, 5.74) is 0.763. The van der Waals surface area contributed by atoms with E-state index >= 15 is 0 Å². The lowest BCUT2D eigenvalue weighted by Gasteiger charge is -2.31. The van der Waals surface area contributed by atoms with Crippen LogP contribution in [0.1, 0.15) is 32.3 Å². The molecule has 10 heteroatoms. The minimum absolute atomic E-state index is 0.0281. The van der Waals surface area contributed by atoms with Crippen molar-refractivity contribution in [3.63, 3.8) is 0 Å². The van der Waals surface area contributed by atoms with Gasteiger partial charge in [-0.25, -0.2) is 12.8 Å². The molecule has 0 saturated carbocycles. The number of amides is 2. The number of ether oxygens (including phenoxy) is 1. The van der Waals surface area contributed by atoms with Crippen LogP contribution in [0, 0.1) is 5.82 Å². The maximum atomic E-state index is 13.8. The number of benzene rings is 2. The highest BCUT2D eigenvalue weighted by Gasteiger charge is 2.30. The molecular formula is C24H32FN3O5S. The van der Waals surface area contributed by atoms with Crippen LogP contribution in [0.2, 0.25) is 0 Å². The molecule has 0 fully saturated rings. The Morgan fingerprint density at radius 2 is 1.82 bits per heavy atom. The molecule has 0 heterocycles. The standard InChI is InChI=1S/C24H32FN3O5S/c1-5-6-14-26-24(30)18(2)27(16-19-10-12-22(33-3)13-11-19)23(29)17-28(34(4,31)32)21-9-7-8-20(25)15-21/h7-13,15,18H,5-6,14,16-17H2,1-4H3,(H,26,30)/t18-/m0/s1. The number of nitrogens with one attached hydrogen (secondary N) is 1. The Kier molecular flexibility index (Phi) is 9.85. The predicted octanol–water partition coefficient (Wildman–Crippen LogP) is 2.93. The SMILES string of the molecule is CCCCNC(=O)[C@H](C)N(Cc1ccc(OC)cc1)C(=O)CN(c1cccc(F)c1)S(C)(=O)=O. The van der Waals surface area contributed by atoms with Gasteiger partial charge in [-0.05, 0) is 49.2 Å². The molecule has 0 radical (unpaired) electrons. The van der Waals surface area contributed by atoms with Crippen LogP contribution in [0.4, 0.5) is 10.1 Å². The molecule has 2 rings (SSSR count). The molecule has 8 nitrogen and oxygen atoms in total. The first kappa shape index (κ1) is 27.1. The van der Waals surface area contributed by atoms with E-state index in [-0.39, 0.29) is 18.1 Å². The zero-order chi connectivity index (χ0) is 25.3. The third-order valence-corrected chi connectivity index (χ3v) is 6.42. The summed E-state index contributed by atoms with van der Waals surface area (Å²) in [7, 11) is -2.37. The lowest BCUT2D eigenvalue weighted by molar-refractivity contribution is -0.139. The molecule has 2 aromatic carbocycles. The highest BCUT2D eigenvalue weighted by Crippen LogP contribution is 2.20. The highest BCUT2D eigenvalue weighted by molar-refractivity contribution is 7.92. The van der Waals surface area contributed by atoms with Crippen LogP contribution in [0.25, 0.3) is 0 Å². The average Bonchev–Trinajstić information content (AvgIpc) is 2.80. The van der Waals surface area contributed by atoms with Gasteiger partial charge in [-0.3, -0.25) is 13.9 Å². The van der Waals surface area contributed by atoms with E-state index in [2.05, 4.69) is 5.32 Å². The Bertz CT molecular complexity index is 1080.